The topological polar surface area (TPSA) is 175 Å². The first kappa shape index (κ1) is 19.2. The second-order valence-corrected chi connectivity index (χ2v) is 5.10. The van der Waals surface area contributed by atoms with E-state index in [0.29, 0.717) is 19.4 Å². The van der Waals surface area contributed by atoms with Gasteiger partial charge in [0.05, 0.1) is 6.61 Å². The molecule has 0 saturated carbocycles. The molecule has 1 heterocycles. The van der Waals surface area contributed by atoms with Crippen molar-refractivity contribution in [3.05, 3.63) is 0 Å². The molecule has 1 rings (SSSR count). The molecule has 0 amide bonds. The fraction of sp³-hybridized carbons (Fsp3) is 0.917. The Balaban J connectivity index is 2.60. The number of esters is 1. The first-order valence-electron chi connectivity index (χ1n) is 7.07. The summed E-state index contributed by atoms with van der Waals surface area (Å²) in [4.78, 5) is 11.9. The van der Waals surface area contributed by atoms with E-state index < -0.39 is 49.3 Å². The number of aliphatic hydroxyl groups excluding tert-OH is 4. The van der Waals surface area contributed by atoms with E-state index in [4.69, 9.17) is 25.5 Å². The summed E-state index contributed by atoms with van der Waals surface area (Å²) in [7, 11) is 0. The molecule has 1 fully saturated rings. The van der Waals surface area contributed by atoms with Crippen LogP contribution in [-0.2, 0) is 14.3 Å². The summed E-state index contributed by atoms with van der Waals surface area (Å²) in [5, 5.41) is 46.9. The number of aliphatic hydroxyl groups is 4. The molecule has 130 valence electrons. The number of rotatable bonds is 8. The van der Waals surface area contributed by atoms with Crippen molar-refractivity contribution in [2.75, 3.05) is 13.2 Å². The molecule has 22 heavy (non-hydrogen) atoms. The molecule has 0 aliphatic carbocycles. The SMILES string of the molecule is NCCCC[C@H](NO)C(=O)OC1O[C@H](CO)[C@H](O)[C@H](O)[C@H]1O. The Morgan fingerprint density at radius 2 is 1.91 bits per heavy atom. The van der Waals surface area contributed by atoms with E-state index >= 15 is 0 Å². The third kappa shape index (κ3) is 4.83. The van der Waals surface area contributed by atoms with Crippen molar-refractivity contribution >= 4 is 5.97 Å². The molecular formula is C12H24N2O8. The zero-order valence-corrected chi connectivity index (χ0v) is 12.0. The van der Waals surface area contributed by atoms with Crippen LogP contribution in [0.15, 0.2) is 0 Å². The number of hydrogen-bond donors (Lipinski definition) is 7. The van der Waals surface area contributed by atoms with Gasteiger partial charge < -0.3 is 40.8 Å². The maximum absolute atomic E-state index is 11.9. The van der Waals surface area contributed by atoms with Crippen molar-refractivity contribution in [1.82, 2.24) is 5.48 Å². The standard InChI is InChI=1S/C12H24N2O8/c13-4-2-1-3-6(14-20)11(19)22-12-10(18)9(17)8(16)7(5-15)21-12/h6-10,12,14-18,20H,1-5,13H2/t6-,7+,8-,9-,10+,12?/m0/s1. The summed E-state index contributed by atoms with van der Waals surface area (Å²) < 4.78 is 9.93. The van der Waals surface area contributed by atoms with Crippen LogP contribution in [0.25, 0.3) is 0 Å². The number of ether oxygens (including phenoxy) is 2. The summed E-state index contributed by atoms with van der Waals surface area (Å²) in [5.74, 6) is -0.899. The van der Waals surface area contributed by atoms with Crippen LogP contribution in [0.5, 0.6) is 0 Å². The summed E-state index contributed by atoms with van der Waals surface area (Å²) in [6.07, 6.45) is -6.10. The number of nitrogens with two attached hydrogens (primary N) is 1. The van der Waals surface area contributed by atoms with Crippen molar-refractivity contribution in [3.8, 4) is 0 Å². The Kier molecular flexibility index (Phi) is 8.14. The molecule has 0 aromatic heterocycles. The van der Waals surface area contributed by atoms with Gasteiger partial charge in [0.25, 0.3) is 0 Å². The summed E-state index contributed by atoms with van der Waals surface area (Å²) in [6, 6.07) is -1.04. The number of unbranched alkanes of at least 4 members (excludes halogenated alkanes) is 1. The van der Waals surface area contributed by atoms with E-state index in [1.54, 1.807) is 5.48 Å². The molecule has 10 heteroatoms. The Labute approximate surface area is 127 Å². The highest BCUT2D eigenvalue weighted by Crippen LogP contribution is 2.22. The Bertz CT molecular complexity index is 343. The predicted octanol–water partition coefficient (Wildman–Crippen LogP) is -3.19. The van der Waals surface area contributed by atoms with E-state index in [1.165, 1.54) is 0 Å². The highest BCUT2D eigenvalue weighted by Gasteiger charge is 2.45. The normalized spacial score (nSPS) is 33.5. The van der Waals surface area contributed by atoms with Crippen LogP contribution in [0.3, 0.4) is 0 Å². The fourth-order valence-electron chi connectivity index (χ4n) is 2.09. The molecule has 6 atom stereocenters. The maximum Gasteiger partial charge on any atom is 0.327 e. The van der Waals surface area contributed by atoms with Crippen molar-refractivity contribution in [1.29, 1.82) is 0 Å². The van der Waals surface area contributed by atoms with Crippen LogP contribution in [0.4, 0.5) is 0 Å². The lowest BCUT2D eigenvalue weighted by molar-refractivity contribution is -0.293. The molecule has 1 aliphatic rings. The number of carbonyl (C=O) groups excluding carboxylic acids is 1. The van der Waals surface area contributed by atoms with E-state index in [0.717, 1.165) is 0 Å². The number of hydrogen-bond acceptors (Lipinski definition) is 10. The first-order valence-corrected chi connectivity index (χ1v) is 7.07. The van der Waals surface area contributed by atoms with Crippen LogP contribution in [-0.4, -0.2) is 81.5 Å². The molecule has 1 unspecified atom stereocenters. The van der Waals surface area contributed by atoms with Gasteiger partial charge in [-0.1, -0.05) is 0 Å². The largest absolute Gasteiger partial charge is 0.431 e. The minimum absolute atomic E-state index is 0.254. The summed E-state index contributed by atoms with van der Waals surface area (Å²) >= 11 is 0. The molecule has 0 aromatic carbocycles. The molecular weight excluding hydrogens is 300 g/mol. The summed E-state index contributed by atoms with van der Waals surface area (Å²) in [6.45, 7) is -0.183. The van der Waals surface area contributed by atoms with Crippen LogP contribution in [0, 0.1) is 0 Å². The van der Waals surface area contributed by atoms with Gasteiger partial charge >= 0.3 is 5.97 Å². The van der Waals surface area contributed by atoms with Crippen molar-refractivity contribution < 1.29 is 39.9 Å². The van der Waals surface area contributed by atoms with Crippen molar-refractivity contribution in [2.24, 2.45) is 5.73 Å². The quantitative estimate of drug-likeness (QED) is 0.137. The molecule has 0 bridgehead atoms. The van der Waals surface area contributed by atoms with Gasteiger partial charge in [-0.15, -0.1) is 0 Å². The zero-order valence-electron chi connectivity index (χ0n) is 12.0. The summed E-state index contributed by atoms with van der Waals surface area (Å²) in [5.41, 5.74) is 7.13. The minimum Gasteiger partial charge on any atom is -0.431 e. The first-order chi connectivity index (χ1) is 10.5. The molecule has 0 aromatic rings. The van der Waals surface area contributed by atoms with Crippen LogP contribution < -0.4 is 11.2 Å². The van der Waals surface area contributed by atoms with Crippen molar-refractivity contribution in [3.63, 3.8) is 0 Å². The van der Waals surface area contributed by atoms with Gasteiger partial charge in [0.2, 0.25) is 6.29 Å². The van der Waals surface area contributed by atoms with Gasteiger partial charge in [0.1, 0.15) is 30.5 Å². The molecule has 0 spiro atoms. The number of carbonyl (C=O) groups is 1. The number of hydroxylamine groups is 1. The van der Waals surface area contributed by atoms with Crippen molar-refractivity contribution in [2.45, 2.75) is 56.0 Å². The van der Waals surface area contributed by atoms with Gasteiger partial charge in [-0.3, -0.25) is 4.79 Å². The molecule has 0 radical (unpaired) electrons. The highest BCUT2D eigenvalue weighted by molar-refractivity contribution is 5.75. The van der Waals surface area contributed by atoms with Crippen LogP contribution in [0.2, 0.25) is 0 Å². The van der Waals surface area contributed by atoms with E-state index in [-0.39, 0.29) is 6.42 Å². The third-order valence-electron chi connectivity index (χ3n) is 3.47. The Morgan fingerprint density at radius 1 is 1.23 bits per heavy atom. The van der Waals surface area contributed by atoms with Gasteiger partial charge in [0, 0.05) is 0 Å². The monoisotopic (exact) mass is 324 g/mol. The lowest BCUT2D eigenvalue weighted by Crippen LogP contribution is -2.60. The van der Waals surface area contributed by atoms with Crippen LogP contribution >= 0.6 is 0 Å². The van der Waals surface area contributed by atoms with Gasteiger partial charge in [-0.05, 0) is 25.8 Å². The van der Waals surface area contributed by atoms with Gasteiger partial charge in [-0.25, -0.2) is 0 Å². The number of nitrogens with one attached hydrogen (secondary N) is 1. The van der Waals surface area contributed by atoms with E-state index in [9.17, 15) is 20.1 Å². The van der Waals surface area contributed by atoms with E-state index in [2.05, 4.69) is 0 Å². The highest BCUT2D eigenvalue weighted by atomic mass is 16.7. The predicted molar refractivity (Wildman–Crippen MR) is 71.5 cm³/mol. The maximum atomic E-state index is 11.9. The second-order valence-electron chi connectivity index (χ2n) is 5.10. The molecule has 1 saturated heterocycles. The Morgan fingerprint density at radius 3 is 2.45 bits per heavy atom. The average molecular weight is 324 g/mol. The van der Waals surface area contributed by atoms with E-state index in [1.807, 2.05) is 0 Å². The lowest BCUT2D eigenvalue weighted by atomic mass is 9.99. The zero-order chi connectivity index (χ0) is 16.7. The fourth-order valence-corrected chi connectivity index (χ4v) is 2.09. The lowest BCUT2D eigenvalue weighted by Gasteiger charge is -2.39. The Hall–Kier alpha value is -0.850. The smallest absolute Gasteiger partial charge is 0.327 e. The molecule has 8 N–H and O–H groups in total. The van der Waals surface area contributed by atoms with Crippen LogP contribution in [0.1, 0.15) is 19.3 Å². The average Bonchev–Trinajstić information content (AvgIpc) is 2.52. The third-order valence-corrected chi connectivity index (χ3v) is 3.47. The second kappa shape index (κ2) is 9.33. The van der Waals surface area contributed by atoms with Gasteiger partial charge in [0.15, 0.2) is 0 Å². The molecule has 1 aliphatic heterocycles. The van der Waals surface area contributed by atoms with Gasteiger partial charge in [-0.2, -0.15) is 5.48 Å². The molecule has 10 nitrogen and oxygen atoms in total. The minimum atomic E-state index is -1.68.